The second-order valence-corrected chi connectivity index (χ2v) is 6.92. The molecule has 0 radical (unpaired) electrons. The largest absolute Gasteiger partial charge is 0.383 e. The molecule has 0 amide bonds. The normalized spacial score (nSPS) is 11.0. The first-order chi connectivity index (χ1) is 10.2. The van der Waals surface area contributed by atoms with Gasteiger partial charge in [-0.25, -0.2) is 0 Å². The van der Waals surface area contributed by atoms with Crippen molar-refractivity contribution in [2.75, 3.05) is 26.8 Å². The summed E-state index contributed by atoms with van der Waals surface area (Å²) in [5.74, 6) is 0. The molecule has 1 heterocycles. The number of rotatable bonds is 8. The number of hydrogen-bond acceptors (Lipinski definition) is 5. The highest BCUT2D eigenvalue weighted by molar-refractivity contribution is 9.10. The molecule has 7 heteroatoms. The van der Waals surface area contributed by atoms with E-state index in [2.05, 4.69) is 31.4 Å². The van der Waals surface area contributed by atoms with Gasteiger partial charge in [0.1, 0.15) is 10.0 Å². The Balaban J connectivity index is 1.86. The van der Waals surface area contributed by atoms with Crippen molar-refractivity contribution in [3.05, 3.63) is 32.7 Å². The average Bonchev–Trinajstić information content (AvgIpc) is 2.90. The summed E-state index contributed by atoms with van der Waals surface area (Å²) in [4.78, 5) is 0. The fourth-order valence-corrected chi connectivity index (χ4v) is 3.54. The lowest BCUT2D eigenvalue weighted by atomic mass is 10.2. The van der Waals surface area contributed by atoms with Crippen LogP contribution < -0.4 is 5.32 Å². The fraction of sp³-hybridized carbons (Fsp3) is 0.429. The van der Waals surface area contributed by atoms with E-state index in [1.165, 1.54) is 0 Å². The van der Waals surface area contributed by atoms with Gasteiger partial charge in [-0.2, -0.15) is 0 Å². The minimum Gasteiger partial charge on any atom is -0.383 e. The lowest BCUT2D eigenvalue weighted by Crippen LogP contribution is -2.20. The second kappa shape index (κ2) is 8.80. The molecule has 0 aliphatic carbocycles. The molecule has 0 atom stereocenters. The minimum atomic E-state index is 0.693. The standard InChI is InChI=1S/C14H17BrClN3OS/c1-20-6-5-17-4-2-3-13-18-19-14(21-13)10-7-11(15)9-12(16)8-10/h7-9,17H,2-6H2,1H3. The van der Waals surface area contributed by atoms with Crippen LogP contribution in [0.15, 0.2) is 22.7 Å². The molecule has 0 unspecified atom stereocenters. The minimum absolute atomic E-state index is 0.693. The maximum atomic E-state index is 6.06. The van der Waals surface area contributed by atoms with Crippen LogP contribution in [0.2, 0.25) is 5.02 Å². The van der Waals surface area contributed by atoms with Crippen LogP contribution in [0.5, 0.6) is 0 Å². The summed E-state index contributed by atoms with van der Waals surface area (Å²) in [6.07, 6.45) is 1.97. The summed E-state index contributed by atoms with van der Waals surface area (Å²) in [6.45, 7) is 2.59. The van der Waals surface area contributed by atoms with Crippen LogP contribution in [0.25, 0.3) is 10.6 Å². The van der Waals surface area contributed by atoms with E-state index in [1.807, 2.05) is 18.2 Å². The Hall–Kier alpha value is -0.530. The Morgan fingerprint density at radius 3 is 2.90 bits per heavy atom. The second-order valence-electron chi connectivity index (χ2n) is 4.51. The fourth-order valence-electron chi connectivity index (χ4n) is 1.81. The molecule has 0 bridgehead atoms. The predicted molar refractivity (Wildman–Crippen MR) is 91.1 cm³/mol. The highest BCUT2D eigenvalue weighted by Gasteiger charge is 2.08. The van der Waals surface area contributed by atoms with E-state index >= 15 is 0 Å². The van der Waals surface area contributed by atoms with Gasteiger partial charge in [-0.05, 0) is 31.2 Å². The molecule has 0 saturated heterocycles. The number of aryl methyl sites for hydroxylation is 1. The highest BCUT2D eigenvalue weighted by Crippen LogP contribution is 2.29. The van der Waals surface area contributed by atoms with E-state index in [-0.39, 0.29) is 0 Å². The number of hydrogen-bond donors (Lipinski definition) is 1. The van der Waals surface area contributed by atoms with Crippen LogP contribution in [-0.2, 0) is 11.2 Å². The highest BCUT2D eigenvalue weighted by atomic mass is 79.9. The topological polar surface area (TPSA) is 47.0 Å². The van der Waals surface area contributed by atoms with Crippen molar-refractivity contribution in [2.45, 2.75) is 12.8 Å². The number of nitrogens with zero attached hydrogens (tertiary/aromatic N) is 2. The third kappa shape index (κ3) is 5.64. The molecule has 0 aliphatic rings. The van der Waals surface area contributed by atoms with Gasteiger partial charge in [0, 0.05) is 35.1 Å². The summed E-state index contributed by atoms with van der Waals surface area (Å²) < 4.78 is 5.93. The zero-order valence-corrected chi connectivity index (χ0v) is 14.9. The molecule has 0 spiro atoms. The Morgan fingerprint density at radius 1 is 1.29 bits per heavy atom. The number of aromatic nitrogens is 2. The van der Waals surface area contributed by atoms with E-state index in [9.17, 15) is 0 Å². The summed E-state index contributed by atoms with van der Waals surface area (Å²) in [5, 5.41) is 14.5. The van der Waals surface area contributed by atoms with Crippen molar-refractivity contribution >= 4 is 38.9 Å². The van der Waals surface area contributed by atoms with Gasteiger partial charge in [0.05, 0.1) is 6.61 Å². The molecule has 1 N–H and O–H groups in total. The molecule has 2 rings (SSSR count). The average molecular weight is 391 g/mol. The monoisotopic (exact) mass is 389 g/mol. The smallest absolute Gasteiger partial charge is 0.147 e. The number of nitrogens with one attached hydrogen (secondary N) is 1. The molecular formula is C14H17BrClN3OS. The Bertz CT molecular complexity index is 559. The maximum Gasteiger partial charge on any atom is 0.147 e. The molecule has 1 aromatic heterocycles. The van der Waals surface area contributed by atoms with Crippen LogP contribution in [0.3, 0.4) is 0 Å². The first kappa shape index (κ1) is 16.8. The summed E-state index contributed by atoms with van der Waals surface area (Å²) in [7, 11) is 1.71. The molecule has 0 saturated carbocycles. The molecular weight excluding hydrogens is 374 g/mol. The van der Waals surface area contributed by atoms with Gasteiger partial charge >= 0.3 is 0 Å². The molecule has 2 aromatic rings. The zero-order valence-electron chi connectivity index (χ0n) is 11.7. The van der Waals surface area contributed by atoms with Crippen molar-refractivity contribution in [3.63, 3.8) is 0 Å². The van der Waals surface area contributed by atoms with E-state index in [0.29, 0.717) is 5.02 Å². The quantitative estimate of drug-likeness (QED) is 0.697. The maximum absolute atomic E-state index is 6.06. The Labute approximate surface area is 142 Å². The van der Waals surface area contributed by atoms with E-state index in [1.54, 1.807) is 18.4 Å². The van der Waals surface area contributed by atoms with Gasteiger partial charge in [-0.3, -0.25) is 0 Å². The number of benzene rings is 1. The van der Waals surface area contributed by atoms with Crippen molar-refractivity contribution in [1.29, 1.82) is 0 Å². The predicted octanol–water partition coefficient (Wildman–Crippen LogP) is 3.79. The SMILES string of the molecule is COCCNCCCc1nnc(-c2cc(Cl)cc(Br)c2)s1. The summed E-state index contributed by atoms with van der Waals surface area (Å²) in [5.41, 5.74) is 0.997. The number of methoxy groups -OCH3 is 1. The molecule has 4 nitrogen and oxygen atoms in total. The first-order valence-corrected chi connectivity index (χ1v) is 8.66. The van der Waals surface area contributed by atoms with Crippen molar-refractivity contribution in [2.24, 2.45) is 0 Å². The third-order valence-electron chi connectivity index (χ3n) is 2.80. The van der Waals surface area contributed by atoms with Crippen molar-refractivity contribution < 1.29 is 4.74 Å². The Morgan fingerprint density at radius 2 is 2.14 bits per heavy atom. The van der Waals surface area contributed by atoms with Crippen LogP contribution in [0, 0.1) is 0 Å². The van der Waals surface area contributed by atoms with Gasteiger partial charge in [0.15, 0.2) is 0 Å². The zero-order chi connectivity index (χ0) is 15.1. The first-order valence-electron chi connectivity index (χ1n) is 6.67. The lowest BCUT2D eigenvalue weighted by Gasteiger charge is -2.01. The molecule has 1 aromatic carbocycles. The molecule has 114 valence electrons. The number of ether oxygens (including phenoxy) is 1. The van der Waals surface area contributed by atoms with Crippen LogP contribution in [0.4, 0.5) is 0 Å². The van der Waals surface area contributed by atoms with Gasteiger partial charge in [-0.1, -0.05) is 38.9 Å². The molecule has 0 fully saturated rings. The van der Waals surface area contributed by atoms with Gasteiger partial charge in [0.2, 0.25) is 0 Å². The third-order valence-corrected chi connectivity index (χ3v) is 4.51. The lowest BCUT2D eigenvalue weighted by molar-refractivity contribution is 0.199. The summed E-state index contributed by atoms with van der Waals surface area (Å²) >= 11 is 11.1. The van der Waals surface area contributed by atoms with Crippen LogP contribution in [-0.4, -0.2) is 37.0 Å². The molecule has 21 heavy (non-hydrogen) atoms. The van der Waals surface area contributed by atoms with E-state index in [4.69, 9.17) is 16.3 Å². The summed E-state index contributed by atoms with van der Waals surface area (Å²) in [6, 6.07) is 5.77. The number of halogens is 2. The van der Waals surface area contributed by atoms with Crippen molar-refractivity contribution in [3.8, 4) is 10.6 Å². The molecule has 0 aliphatic heterocycles. The Kier molecular flexibility index (Phi) is 7.06. The van der Waals surface area contributed by atoms with Crippen LogP contribution in [0.1, 0.15) is 11.4 Å². The van der Waals surface area contributed by atoms with E-state index in [0.717, 1.165) is 52.6 Å². The van der Waals surface area contributed by atoms with Gasteiger partial charge < -0.3 is 10.1 Å². The van der Waals surface area contributed by atoms with E-state index < -0.39 is 0 Å². The van der Waals surface area contributed by atoms with Gasteiger partial charge in [-0.15, -0.1) is 10.2 Å². The van der Waals surface area contributed by atoms with Crippen LogP contribution >= 0.6 is 38.9 Å². The van der Waals surface area contributed by atoms with Crippen molar-refractivity contribution in [1.82, 2.24) is 15.5 Å². The van der Waals surface area contributed by atoms with Gasteiger partial charge in [0.25, 0.3) is 0 Å².